The lowest BCUT2D eigenvalue weighted by Crippen LogP contribution is -2.26. The molecule has 0 aromatic carbocycles. The molecule has 0 fully saturated rings. The molecule has 0 aliphatic rings. The third kappa shape index (κ3) is 3.49. The van der Waals surface area contributed by atoms with Crippen LogP contribution < -0.4 is 10.0 Å². The summed E-state index contributed by atoms with van der Waals surface area (Å²) in [5, 5.41) is 12.6. The second kappa shape index (κ2) is 6.65. The summed E-state index contributed by atoms with van der Waals surface area (Å²) in [5.41, 5.74) is 0.759. The molecule has 2 rings (SSSR count). The number of thiophene rings is 1. The smallest absolute Gasteiger partial charge is 0.242 e. The highest BCUT2D eigenvalue weighted by Crippen LogP contribution is 2.26. The molecule has 21 heavy (non-hydrogen) atoms. The van der Waals surface area contributed by atoms with Crippen LogP contribution in [0.5, 0.6) is 0 Å². The summed E-state index contributed by atoms with van der Waals surface area (Å²) >= 11 is 1.44. The van der Waals surface area contributed by atoms with Crippen LogP contribution in [-0.2, 0) is 29.7 Å². The van der Waals surface area contributed by atoms with Crippen molar-refractivity contribution in [2.45, 2.75) is 38.4 Å². The molecule has 0 amide bonds. The first-order chi connectivity index (χ1) is 9.99. The Bertz CT molecular complexity index is 705. The van der Waals surface area contributed by atoms with Gasteiger partial charge in [0.1, 0.15) is 17.0 Å². The van der Waals surface area contributed by atoms with Crippen LogP contribution in [0.1, 0.15) is 23.2 Å². The lowest BCUT2D eigenvalue weighted by atomic mass is 10.3. The maximum absolute atomic E-state index is 12.5. The summed E-state index contributed by atoms with van der Waals surface area (Å²) in [6.07, 6.45) is 1.59. The summed E-state index contributed by atoms with van der Waals surface area (Å²) in [6, 6.07) is 0. The van der Waals surface area contributed by atoms with Gasteiger partial charge in [-0.05, 0) is 31.8 Å². The quantitative estimate of drug-likeness (QED) is 0.787. The van der Waals surface area contributed by atoms with Gasteiger partial charge in [-0.25, -0.2) is 13.1 Å². The van der Waals surface area contributed by atoms with Gasteiger partial charge in [-0.2, -0.15) is 0 Å². The highest BCUT2D eigenvalue weighted by atomic mass is 32.2. The molecule has 2 N–H and O–H groups in total. The summed E-state index contributed by atoms with van der Waals surface area (Å²) in [7, 11) is -1.77. The molecule has 9 heteroatoms. The van der Waals surface area contributed by atoms with E-state index in [4.69, 9.17) is 0 Å². The monoisotopic (exact) mass is 329 g/mol. The Morgan fingerprint density at radius 2 is 2.14 bits per heavy atom. The van der Waals surface area contributed by atoms with Crippen molar-refractivity contribution in [3.05, 3.63) is 28.0 Å². The van der Waals surface area contributed by atoms with Crippen molar-refractivity contribution in [2.24, 2.45) is 0 Å². The minimum absolute atomic E-state index is 0.129. The van der Waals surface area contributed by atoms with Gasteiger partial charge in [0.05, 0.1) is 6.54 Å². The Hall–Kier alpha value is -1.29. The Morgan fingerprint density at radius 1 is 1.38 bits per heavy atom. The topological polar surface area (TPSA) is 88.9 Å². The van der Waals surface area contributed by atoms with Crippen LogP contribution in [0.25, 0.3) is 0 Å². The van der Waals surface area contributed by atoms with E-state index in [0.29, 0.717) is 23.8 Å². The van der Waals surface area contributed by atoms with Crippen molar-refractivity contribution < 1.29 is 8.42 Å². The second-order valence-electron chi connectivity index (χ2n) is 4.56. The van der Waals surface area contributed by atoms with E-state index in [1.54, 1.807) is 24.9 Å². The maximum Gasteiger partial charge on any atom is 0.242 e. The van der Waals surface area contributed by atoms with E-state index < -0.39 is 10.0 Å². The molecule has 2 aromatic heterocycles. The van der Waals surface area contributed by atoms with E-state index in [0.717, 1.165) is 10.4 Å². The summed E-state index contributed by atoms with van der Waals surface area (Å²) in [6.45, 7) is 5.12. The Labute approximate surface area is 128 Å². The Balaban J connectivity index is 2.21. The molecule has 0 aliphatic carbocycles. The number of hydrogen-bond donors (Lipinski definition) is 2. The van der Waals surface area contributed by atoms with Gasteiger partial charge in [0.2, 0.25) is 10.0 Å². The Morgan fingerprint density at radius 3 is 2.81 bits per heavy atom. The molecule has 0 atom stereocenters. The average Bonchev–Trinajstić information content (AvgIpc) is 3.03. The van der Waals surface area contributed by atoms with Crippen LogP contribution in [0.4, 0.5) is 0 Å². The predicted octanol–water partition coefficient (Wildman–Crippen LogP) is 0.866. The van der Waals surface area contributed by atoms with Gasteiger partial charge in [-0.15, -0.1) is 21.5 Å². The van der Waals surface area contributed by atoms with E-state index in [2.05, 4.69) is 20.2 Å². The molecule has 2 aromatic rings. The van der Waals surface area contributed by atoms with Crippen LogP contribution in [0.15, 0.2) is 16.6 Å². The van der Waals surface area contributed by atoms with E-state index >= 15 is 0 Å². The van der Waals surface area contributed by atoms with E-state index in [-0.39, 0.29) is 6.54 Å². The highest BCUT2D eigenvalue weighted by molar-refractivity contribution is 7.89. The molecule has 0 spiro atoms. The first-order valence-corrected chi connectivity index (χ1v) is 8.93. The minimum atomic E-state index is -3.56. The van der Waals surface area contributed by atoms with Gasteiger partial charge in [-0.1, -0.05) is 0 Å². The van der Waals surface area contributed by atoms with Gasteiger partial charge in [0.25, 0.3) is 0 Å². The van der Waals surface area contributed by atoms with E-state index in [1.807, 2.05) is 12.3 Å². The van der Waals surface area contributed by atoms with Gasteiger partial charge in [-0.3, -0.25) is 0 Å². The van der Waals surface area contributed by atoms with Crippen LogP contribution in [0.2, 0.25) is 0 Å². The van der Waals surface area contributed by atoms with Crippen LogP contribution in [0, 0.1) is 6.92 Å². The number of aromatic nitrogens is 3. The molecule has 0 unspecified atom stereocenters. The fraction of sp³-hybridized carbons (Fsp3) is 0.500. The minimum Gasteiger partial charge on any atom is -0.317 e. The zero-order valence-corrected chi connectivity index (χ0v) is 13.9. The van der Waals surface area contributed by atoms with Crippen molar-refractivity contribution in [1.82, 2.24) is 24.8 Å². The van der Waals surface area contributed by atoms with Crippen molar-refractivity contribution in [3.63, 3.8) is 0 Å². The predicted molar refractivity (Wildman–Crippen MR) is 81.5 cm³/mol. The normalized spacial score (nSPS) is 12.0. The first-order valence-electron chi connectivity index (χ1n) is 6.57. The number of nitrogens with one attached hydrogen (secondary N) is 2. The van der Waals surface area contributed by atoms with Gasteiger partial charge >= 0.3 is 0 Å². The summed E-state index contributed by atoms with van der Waals surface area (Å²) < 4.78 is 29.4. The van der Waals surface area contributed by atoms with Crippen LogP contribution >= 0.6 is 11.3 Å². The molecule has 0 aliphatic heterocycles. The fourth-order valence-electron chi connectivity index (χ4n) is 2.04. The van der Waals surface area contributed by atoms with E-state index in [1.165, 1.54) is 11.3 Å². The number of sulfonamides is 1. The van der Waals surface area contributed by atoms with Gasteiger partial charge in [0, 0.05) is 18.0 Å². The molecule has 0 saturated heterocycles. The highest BCUT2D eigenvalue weighted by Gasteiger charge is 2.23. The number of nitrogens with zero attached hydrogens (tertiary/aromatic N) is 3. The van der Waals surface area contributed by atoms with E-state index in [9.17, 15) is 8.42 Å². The molecule has 0 saturated carbocycles. The van der Waals surface area contributed by atoms with Crippen LogP contribution in [0.3, 0.4) is 0 Å². The third-order valence-electron chi connectivity index (χ3n) is 3.05. The van der Waals surface area contributed by atoms with Crippen molar-refractivity contribution >= 4 is 21.4 Å². The molecule has 0 bridgehead atoms. The fourth-order valence-corrected chi connectivity index (χ4v) is 4.84. The number of rotatable bonds is 7. The molecule has 116 valence electrons. The number of aryl methyl sites for hydroxylation is 2. The van der Waals surface area contributed by atoms with Crippen molar-refractivity contribution in [2.75, 3.05) is 7.05 Å². The maximum atomic E-state index is 12.5. The summed E-state index contributed by atoms with van der Waals surface area (Å²) in [5.74, 6) is 0.601. The van der Waals surface area contributed by atoms with Crippen molar-refractivity contribution in [1.29, 1.82) is 0 Å². The van der Waals surface area contributed by atoms with Crippen molar-refractivity contribution in [3.8, 4) is 0 Å². The molecular weight excluding hydrogens is 310 g/mol. The van der Waals surface area contributed by atoms with Gasteiger partial charge < -0.3 is 9.88 Å². The SMILES string of the molecule is CCn1cnnc1CNS(=O)(=O)c1c(C)csc1CNC. The Kier molecular flexibility index (Phi) is 5.09. The molecule has 2 heterocycles. The largest absolute Gasteiger partial charge is 0.317 e. The zero-order chi connectivity index (χ0) is 15.5. The van der Waals surface area contributed by atoms with Gasteiger partial charge in [0.15, 0.2) is 0 Å². The second-order valence-corrected chi connectivity index (χ2v) is 7.23. The zero-order valence-electron chi connectivity index (χ0n) is 12.3. The average molecular weight is 329 g/mol. The summed E-state index contributed by atoms with van der Waals surface area (Å²) in [4.78, 5) is 1.17. The lowest BCUT2D eigenvalue weighted by Gasteiger charge is -2.09. The lowest BCUT2D eigenvalue weighted by molar-refractivity contribution is 0.573. The third-order valence-corrected chi connectivity index (χ3v) is 5.92. The molecule has 7 nitrogen and oxygen atoms in total. The van der Waals surface area contributed by atoms with Crippen LogP contribution in [-0.4, -0.2) is 30.2 Å². The number of hydrogen-bond acceptors (Lipinski definition) is 6. The molecular formula is C12H19N5O2S2. The molecule has 0 radical (unpaired) electrons. The standard InChI is InChI=1S/C12H19N5O2S2/c1-4-17-8-14-16-11(17)6-15-21(18,19)12-9(2)7-20-10(12)5-13-3/h7-8,13,15H,4-6H2,1-3H3. The first kappa shape index (κ1) is 16.1.